The first-order chi connectivity index (χ1) is 14.9. The number of rotatable bonds is 7. The highest BCUT2D eigenvalue weighted by atomic mass is 19.1. The number of urea groups is 1. The average Bonchev–Trinajstić information content (AvgIpc) is 2.74. The normalized spacial score (nSPS) is 11.6. The molecule has 1 atom stereocenters. The number of likely N-dealkylation sites (N-methyl/N-ethyl adjacent to an activating group) is 1. The molecule has 0 saturated carbocycles. The molecule has 3 N–H and O–H groups in total. The van der Waals surface area contributed by atoms with Gasteiger partial charge in [0.2, 0.25) is 0 Å². The molecular weight excluding hydrogens is 395 g/mol. The molecule has 0 aromatic heterocycles. The number of hydrogen-bond donors (Lipinski definition) is 3. The molecule has 3 rings (SSSR count). The molecule has 3 aromatic rings. The van der Waals surface area contributed by atoms with E-state index in [4.69, 9.17) is 0 Å². The van der Waals surface area contributed by atoms with Gasteiger partial charge in [0.1, 0.15) is 5.82 Å². The zero-order chi connectivity index (χ0) is 22.2. The van der Waals surface area contributed by atoms with Crippen molar-refractivity contribution < 1.29 is 14.0 Å². The third-order valence-electron chi connectivity index (χ3n) is 4.52. The fourth-order valence-corrected chi connectivity index (χ4v) is 3.12. The van der Waals surface area contributed by atoms with Gasteiger partial charge in [-0.15, -0.1) is 0 Å². The number of nitrogens with one attached hydrogen (secondary N) is 3. The van der Waals surface area contributed by atoms with Gasteiger partial charge in [0.15, 0.2) is 0 Å². The Morgan fingerprint density at radius 2 is 1.55 bits per heavy atom. The summed E-state index contributed by atoms with van der Waals surface area (Å²) < 4.78 is 13.3. The molecule has 0 bridgehead atoms. The standard InChI is InChI=1S/C24H25FN4O2/c1-29(2)16-22(17-8-4-3-5-9-17)28-24(31)27-20-12-6-10-18(14-20)23(30)26-21-13-7-11-19(25)15-21/h3-15,22H,16H2,1-2H3,(H,26,30)(H2,27,28,31). The first-order valence-electron chi connectivity index (χ1n) is 9.85. The minimum atomic E-state index is -0.435. The summed E-state index contributed by atoms with van der Waals surface area (Å²) in [5.41, 5.74) is 2.17. The van der Waals surface area contributed by atoms with Gasteiger partial charge in [-0.25, -0.2) is 9.18 Å². The summed E-state index contributed by atoms with van der Waals surface area (Å²) >= 11 is 0. The molecule has 31 heavy (non-hydrogen) atoms. The molecule has 7 heteroatoms. The number of carbonyl (C=O) groups is 2. The molecule has 3 amide bonds. The van der Waals surface area contributed by atoms with Gasteiger partial charge in [-0.2, -0.15) is 0 Å². The molecule has 0 aliphatic heterocycles. The maximum atomic E-state index is 13.3. The van der Waals surface area contributed by atoms with E-state index in [-0.39, 0.29) is 12.1 Å². The van der Waals surface area contributed by atoms with Crippen molar-refractivity contribution >= 4 is 23.3 Å². The molecule has 160 valence electrons. The highest BCUT2D eigenvalue weighted by Gasteiger charge is 2.16. The van der Waals surface area contributed by atoms with E-state index in [9.17, 15) is 14.0 Å². The zero-order valence-corrected chi connectivity index (χ0v) is 17.4. The van der Waals surface area contributed by atoms with Gasteiger partial charge in [0, 0.05) is 23.5 Å². The third-order valence-corrected chi connectivity index (χ3v) is 4.52. The molecule has 0 saturated heterocycles. The maximum Gasteiger partial charge on any atom is 0.319 e. The number of carbonyl (C=O) groups excluding carboxylic acids is 2. The fraction of sp³-hybridized carbons (Fsp3) is 0.167. The number of halogens is 1. The van der Waals surface area contributed by atoms with Gasteiger partial charge < -0.3 is 20.9 Å². The van der Waals surface area contributed by atoms with E-state index in [0.29, 0.717) is 23.5 Å². The van der Waals surface area contributed by atoms with Crippen LogP contribution in [0.1, 0.15) is 22.0 Å². The average molecular weight is 420 g/mol. The first-order valence-corrected chi connectivity index (χ1v) is 9.85. The summed E-state index contributed by atoms with van der Waals surface area (Å²) in [7, 11) is 3.88. The third kappa shape index (κ3) is 6.65. The van der Waals surface area contributed by atoms with Gasteiger partial charge in [-0.05, 0) is 56.1 Å². The van der Waals surface area contributed by atoms with Gasteiger partial charge >= 0.3 is 6.03 Å². The van der Waals surface area contributed by atoms with Crippen LogP contribution in [0, 0.1) is 5.82 Å². The van der Waals surface area contributed by atoms with E-state index >= 15 is 0 Å². The second kappa shape index (κ2) is 10.4. The monoisotopic (exact) mass is 420 g/mol. The number of amides is 3. The summed E-state index contributed by atoms with van der Waals surface area (Å²) in [6.45, 7) is 0.632. The van der Waals surface area contributed by atoms with Crippen molar-refractivity contribution in [1.82, 2.24) is 10.2 Å². The highest BCUT2D eigenvalue weighted by Crippen LogP contribution is 2.16. The first kappa shape index (κ1) is 22.0. The summed E-state index contributed by atoms with van der Waals surface area (Å²) in [5, 5.41) is 8.39. The molecule has 0 spiro atoms. The van der Waals surface area contributed by atoms with Gasteiger partial charge in [-0.3, -0.25) is 4.79 Å². The molecule has 0 aliphatic rings. The molecule has 3 aromatic carbocycles. The Morgan fingerprint density at radius 3 is 2.23 bits per heavy atom. The van der Waals surface area contributed by atoms with E-state index in [1.165, 1.54) is 18.2 Å². The smallest absolute Gasteiger partial charge is 0.319 e. The lowest BCUT2D eigenvalue weighted by atomic mass is 10.1. The van der Waals surface area contributed by atoms with Crippen molar-refractivity contribution in [3.63, 3.8) is 0 Å². The maximum absolute atomic E-state index is 13.3. The minimum absolute atomic E-state index is 0.198. The predicted octanol–water partition coefficient (Wildman–Crippen LogP) is 4.50. The van der Waals surface area contributed by atoms with Crippen LogP contribution in [-0.4, -0.2) is 37.5 Å². The molecule has 1 unspecified atom stereocenters. The van der Waals surface area contributed by atoms with Crippen molar-refractivity contribution in [1.29, 1.82) is 0 Å². The Bertz CT molecular complexity index is 1040. The lowest BCUT2D eigenvalue weighted by molar-refractivity contribution is 0.102. The van der Waals surface area contributed by atoms with E-state index < -0.39 is 11.7 Å². The fourth-order valence-electron chi connectivity index (χ4n) is 3.12. The van der Waals surface area contributed by atoms with Crippen molar-refractivity contribution in [2.24, 2.45) is 0 Å². The summed E-state index contributed by atoms with van der Waals surface area (Å²) in [6.07, 6.45) is 0. The van der Waals surface area contributed by atoms with Crippen molar-refractivity contribution in [2.75, 3.05) is 31.3 Å². The van der Waals surface area contributed by atoms with E-state index in [2.05, 4.69) is 16.0 Å². The quantitative estimate of drug-likeness (QED) is 0.527. The summed E-state index contributed by atoms with van der Waals surface area (Å²) in [6, 6.07) is 21.4. The predicted molar refractivity (Wildman–Crippen MR) is 121 cm³/mol. The Kier molecular flexibility index (Phi) is 7.35. The number of nitrogens with zero attached hydrogens (tertiary/aromatic N) is 1. The van der Waals surface area contributed by atoms with Crippen LogP contribution in [0.2, 0.25) is 0 Å². The lowest BCUT2D eigenvalue weighted by Crippen LogP contribution is -2.37. The molecule has 0 fully saturated rings. The molecular formula is C24H25FN4O2. The van der Waals surface area contributed by atoms with Crippen LogP contribution in [0.4, 0.5) is 20.6 Å². The number of benzene rings is 3. The topological polar surface area (TPSA) is 73.5 Å². The Hall–Kier alpha value is -3.71. The lowest BCUT2D eigenvalue weighted by Gasteiger charge is -2.23. The van der Waals surface area contributed by atoms with E-state index in [0.717, 1.165) is 5.56 Å². The van der Waals surface area contributed by atoms with Gasteiger partial charge in [0.25, 0.3) is 5.91 Å². The molecule has 6 nitrogen and oxygen atoms in total. The number of anilines is 2. The van der Waals surface area contributed by atoms with Gasteiger partial charge in [0.05, 0.1) is 6.04 Å². The molecule has 0 radical (unpaired) electrons. The summed E-state index contributed by atoms with van der Waals surface area (Å²) in [5.74, 6) is -0.833. The SMILES string of the molecule is CN(C)CC(NC(=O)Nc1cccc(C(=O)Nc2cccc(F)c2)c1)c1ccccc1. The largest absolute Gasteiger partial charge is 0.330 e. The van der Waals surface area contributed by atoms with Crippen LogP contribution < -0.4 is 16.0 Å². The highest BCUT2D eigenvalue weighted by molar-refractivity contribution is 6.05. The second-order valence-corrected chi connectivity index (χ2v) is 7.37. The Labute approximate surface area is 181 Å². The van der Waals surface area contributed by atoms with Crippen LogP contribution in [-0.2, 0) is 0 Å². The minimum Gasteiger partial charge on any atom is -0.330 e. The zero-order valence-electron chi connectivity index (χ0n) is 17.4. The molecule has 0 aliphatic carbocycles. The summed E-state index contributed by atoms with van der Waals surface area (Å²) in [4.78, 5) is 27.1. The van der Waals surface area contributed by atoms with Crippen molar-refractivity contribution in [3.8, 4) is 0 Å². The van der Waals surface area contributed by atoms with Gasteiger partial charge in [-0.1, -0.05) is 42.5 Å². The second-order valence-electron chi connectivity index (χ2n) is 7.37. The molecule has 0 heterocycles. The van der Waals surface area contributed by atoms with Crippen molar-refractivity contribution in [2.45, 2.75) is 6.04 Å². The van der Waals surface area contributed by atoms with E-state index in [1.54, 1.807) is 30.3 Å². The van der Waals surface area contributed by atoms with Crippen LogP contribution in [0.25, 0.3) is 0 Å². The Balaban J connectivity index is 1.66. The van der Waals surface area contributed by atoms with Crippen LogP contribution in [0.15, 0.2) is 78.9 Å². The number of hydrogen-bond acceptors (Lipinski definition) is 3. The van der Waals surface area contributed by atoms with E-state index in [1.807, 2.05) is 49.3 Å². The van der Waals surface area contributed by atoms with Crippen LogP contribution in [0.5, 0.6) is 0 Å². The van der Waals surface area contributed by atoms with Crippen LogP contribution >= 0.6 is 0 Å². The Morgan fingerprint density at radius 1 is 0.871 bits per heavy atom. The van der Waals surface area contributed by atoms with Crippen molar-refractivity contribution in [3.05, 3.63) is 95.8 Å². The van der Waals surface area contributed by atoms with Crippen LogP contribution in [0.3, 0.4) is 0 Å².